The zero-order valence-corrected chi connectivity index (χ0v) is 15.3. The minimum atomic E-state index is -3.72. The van der Waals surface area contributed by atoms with Crippen molar-refractivity contribution in [1.29, 1.82) is 0 Å². The lowest BCUT2D eigenvalue weighted by Gasteiger charge is -2.10. The molecule has 2 N–H and O–H groups in total. The summed E-state index contributed by atoms with van der Waals surface area (Å²) >= 11 is 0. The van der Waals surface area contributed by atoms with Gasteiger partial charge in [0.2, 0.25) is 10.0 Å². The molecular weight excluding hydrogens is 348 g/mol. The van der Waals surface area contributed by atoms with Crippen molar-refractivity contribution in [3.8, 4) is 0 Å². The second kappa shape index (κ2) is 6.92. The Bertz CT molecular complexity index is 902. The maximum atomic E-state index is 12.4. The molecule has 0 aliphatic heterocycles. The van der Waals surface area contributed by atoms with Gasteiger partial charge in [-0.25, -0.2) is 21.6 Å². The first kappa shape index (κ1) is 18.4. The highest BCUT2D eigenvalue weighted by Crippen LogP contribution is 2.21. The van der Waals surface area contributed by atoms with Crippen LogP contribution in [0.15, 0.2) is 58.3 Å². The number of hydrogen-bond acceptors (Lipinski definition) is 4. The first-order valence-corrected chi connectivity index (χ1v) is 10.3. The second-order valence-corrected chi connectivity index (χ2v) is 9.13. The van der Waals surface area contributed by atoms with Gasteiger partial charge >= 0.3 is 0 Å². The monoisotopic (exact) mass is 368 g/mol. The first-order chi connectivity index (χ1) is 11.2. The van der Waals surface area contributed by atoms with E-state index in [4.69, 9.17) is 0 Å². The lowest BCUT2D eigenvalue weighted by atomic mass is 10.0. The molecule has 130 valence electrons. The van der Waals surface area contributed by atoms with Crippen molar-refractivity contribution in [3.05, 3.63) is 54.1 Å². The van der Waals surface area contributed by atoms with Crippen molar-refractivity contribution in [2.24, 2.45) is 0 Å². The molecule has 0 unspecified atom stereocenters. The maximum Gasteiger partial charge on any atom is 0.261 e. The van der Waals surface area contributed by atoms with E-state index < -0.39 is 20.0 Å². The summed E-state index contributed by atoms with van der Waals surface area (Å²) in [6, 6.07) is 12.2. The molecule has 0 aliphatic carbocycles. The van der Waals surface area contributed by atoms with Gasteiger partial charge < -0.3 is 0 Å². The standard InChI is InChI=1S/C16H20N2O4S2/c1-12(2)13-4-8-16(9-5-13)24(21,22)18-14-6-10-15(11-7-14)23(19,20)17-3/h4-12,17-18H,1-3H3. The SMILES string of the molecule is CNS(=O)(=O)c1ccc(NS(=O)(=O)c2ccc(C(C)C)cc2)cc1. The summed E-state index contributed by atoms with van der Waals surface area (Å²) in [7, 11) is -5.96. The molecule has 0 aromatic heterocycles. The van der Waals surface area contributed by atoms with Crippen LogP contribution in [0.5, 0.6) is 0 Å². The largest absolute Gasteiger partial charge is 0.280 e. The molecule has 0 saturated heterocycles. The summed E-state index contributed by atoms with van der Waals surface area (Å²) < 4.78 is 52.7. The Hall–Kier alpha value is -1.90. The quantitative estimate of drug-likeness (QED) is 0.819. The molecule has 2 aromatic rings. The Kier molecular flexibility index (Phi) is 5.32. The van der Waals surface area contributed by atoms with E-state index in [2.05, 4.69) is 9.44 Å². The van der Waals surface area contributed by atoms with Gasteiger partial charge in [0.15, 0.2) is 0 Å². The van der Waals surface area contributed by atoms with E-state index in [9.17, 15) is 16.8 Å². The van der Waals surface area contributed by atoms with Crippen LogP contribution in [0.2, 0.25) is 0 Å². The highest BCUT2D eigenvalue weighted by Gasteiger charge is 2.16. The first-order valence-electron chi connectivity index (χ1n) is 7.32. The third-order valence-electron chi connectivity index (χ3n) is 3.54. The lowest BCUT2D eigenvalue weighted by Crippen LogP contribution is -2.18. The van der Waals surface area contributed by atoms with Crippen molar-refractivity contribution < 1.29 is 16.8 Å². The molecule has 0 radical (unpaired) electrons. The number of benzene rings is 2. The van der Waals surface area contributed by atoms with Crippen LogP contribution in [0.1, 0.15) is 25.3 Å². The molecule has 0 spiro atoms. The topological polar surface area (TPSA) is 92.3 Å². The summed E-state index contributed by atoms with van der Waals surface area (Å²) in [4.78, 5) is 0.216. The predicted octanol–water partition coefficient (Wildman–Crippen LogP) is 2.52. The van der Waals surface area contributed by atoms with Gasteiger partial charge in [0.25, 0.3) is 10.0 Å². The summed E-state index contributed by atoms with van der Waals surface area (Å²) in [6.45, 7) is 4.06. The fourth-order valence-corrected chi connectivity index (χ4v) is 3.85. The average molecular weight is 368 g/mol. The number of anilines is 1. The normalized spacial score (nSPS) is 12.3. The Balaban J connectivity index is 2.23. The molecule has 6 nitrogen and oxygen atoms in total. The Labute approximate surface area is 143 Å². The van der Waals surface area contributed by atoms with Crippen molar-refractivity contribution >= 4 is 25.7 Å². The number of rotatable bonds is 6. The molecule has 2 aromatic carbocycles. The van der Waals surface area contributed by atoms with Gasteiger partial charge in [-0.3, -0.25) is 4.72 Å². The lowest BCUT2D eigenvalue weighted by molar-refractivity contribution is 0.588. The second-order valence-electron chi connectivity index (χ2n) is 5.56. The van der Waals surface area contributed by atoms with E-state index in [1.165, 1.54) is 31.3 Å². The number of hydrogen-bond donors (Lipinski definition) is 2. The Morgan fingerprint density at radius 3 is 1.67 bits per heavy atom. The Morgan fingerprint density at radius 2 is 1.21 bits per heavy atom. The predicted molar refractivity (Wildman–Crippen MR) is 94.0 cm³/mol. The van der Waals surface area contributed by atoms with Crippen LogP contribution in [0.25, 0.3) is 0 Å². The zero-order valence-electron chi connectivity index (χ0n) is 13.6. The van der Waals surface area contributed by atoms with Gasteiger partial charge in [-0.1, -0.05) is 26.0 Å². The molecule has 24 heavy (non-hydrogen) atoms. The smallest absolute Gasteiger partial charge is 0.261 e. The number of sulfonamides is 2. The van der Waals surface area contributed by atoms with Crippen LogP contribution in [-0.4, -0.2) is 23.9 Å². The van der Waals surface area contributed by atoms with Gasteiger partial charge in [0, 0.05) is 5.69 Å². The molecule has 0 amide bonds. The summed E-state index contributed by atoms with van der Waals surface area (Å²) in [5.41, 5.74) is 1.34. The van der Waals surface area contributed by atoms with Crippen LogP contribution < -0.4 is 9.44 Å². The minimum absolute atomic E-state index is 0.0641. The highest BCUT2D eigenvalue weighted by atomic mass is 32.2. The van der Waals surface area contributed by atoms with E-state index in [0.717, 1.165) is 5.56 Å². The third kappa shape index (κ3) is 4.14. The van der Waals surface area contributed by atoms with E-state index in [1.807, 2.05) is 13.8 Å². The summed E-state index contributed by atoms with van der Waals surface area (Å²) in [5.74, 6) is 0.316. The van der Waals surface area contributed by atoms with E-state index >= 15 is 0 Å². The Morgan fingerprint density at radius 1 is 0.750 bits per heavy atom. The molecule has 0 saturated carbocycles. The van der Waals surface area contributed by atoms with Crippen LogP contribution in [0, 0.1) is 0 Å². The number of nitrogens with one attached hydrogen (secondary N) is 2. The zero-order chi connectivity index (χ0) is 18.0. The average Bonchev–Trinajstić information content (AvgIpc) is 2.55. The molecule has 0 aliphatic rings. The fourth-order valence-electron chi connectivity index (χ4n) is 2.07. The van der Waals surface area contributed by atoms with E-state index in [-0.39, 0.29) is 15.5 Å². The van der Waals surface area contributed by atoms with Gasteiger partial charge in [-0.2, -0.15) is 0 Å². The van der Waals surface area contributed by atoms with Crippen molar-refractivity contribution in [1.82, 2.24) is 4.72 Å². The van der Waals surface area contributed by atoms with Gasteiger partial charge in [-0.05, 0) is 54.9 Å². The molecule has 0 bridgehead atoms. The van der Waals surface area contributed by atoms with Crippen molar-refractivity contribution in [3.63, 3.8) is 0 Å². The molecule has 0 fully saturated rings. The fraction of sp³-hybridized carbons (Fsp3) is 0.250. The van der Waals surface area contributed by atoms with Crippen LogP contribution in [0.4, 0.5) is 5.69 Å². The molecule has 0 atom stereocenters. The maximum absolute atomic E-state index is 12.4. The van der Waals surface area contributed by atoms with Gasteiger partial charge in [0.1, 0.15) is 0 Å². The van der Waals surface area contributed by atoms with Crippen LogP contribution in [-0.2, 0) is 20.0 Å². The minimum Gasteiger partial charge on any atom is -0.280 e. The molecule has 8 heteroatoms. The van der Waals surface area contributed by atoms with Crippen molar-refractivity contribution in [2.75, 3.05) is 11.8 Å². The highest BCUT2D eigenvalue weighted by molar-refractivity contribution is 7.92. The van der Waals surface area contributed by atoms with E-state index in [0.29, 0.717) is 5.92 Å². The summed E-state index contributed by atoms with van der Waals surface area (Å²) in [6.07, 6.45) is 0. The van der Waals surface area contributed by atoms with E-state index in [1.54, 1.807) is 24.3 Å². The van der Waals surface area contributed by atoms with Crippen molar-refractivity contribution in [2.45, 2.75) is 29.6 Å². The van der Waals surface area contributed by atoms with Crippen LogP contribution in [0.3, 0.4) is 0 Å². The molecule has 0 heterocycles. The molecule has 2 rings (SSSR count). The summed E-state index contributed by atoms with van der Waals surface area (Å²) in [5, 5.41) is 0. The molecular formula is C16H20N2O4S2. The van der Waals surface area contributed by atoms with Gasteiger partial charge in [0.05, 0.1) is 9.79 Å². The van der Waals surface area contributed by atoms with Gasteiger partial charge in [-0.15, -0.1) is 0 Å². The third-order valence-corrected chi connectivity index (χ3v) is 6.37. The van der Waals surface area contributed by atoms with Crippen LogP contribution >= 0.6 is 0 Å².